The Hall–Kier alpha value is -3.30. The van der Waals surface area contributed by atoms with E-state index in [2.05, 4.69) is 20.2 Å². The number of aromatic amines is 1. The third-order valence-electron chi connectivity index (χ3n) is 3.72. The van der Waals surface area contributed by atoms with Crippen LogP contribution in [0.15, 0.2) is 42.6 Å². The van der Waals surface area contributed by atoms with Crippen LogP contribution in [-0.2, 0) is 12.7 Å². The smallest absolute Gasteiger partial charge is 0.255 e. The van der Waals surface area contributed by atoms with E-state index < -0.39 is 12.0 Å². The summed E-state index contributed by atoms with van der Waals surface area (Å²) < 4.78 is 52.8. The molecule has 10 heteroatoms. The molecule has 0 spiro atoms. The van der Waals surface area contributed by atoms with Crippen LogP contribution >= 0.6 is 0 Å². The standard InChI is InChI=1S/C16H10F4N6/c17-10-5-3-9(4-6-10)8-26-14-11(2-1-7-21-14)12(25-26)13-22-15(24-23-13)16(18,19)20/h1-7H,8H2,(H,22,23,24). The summed E-state index contributed by atoms with van der Waals surface area (Å²) >= 11 is 0. The first-order valence-corrected chi connectivity index (χ1v) is 7.48. The van der Waals surface area contributed by atoms with Gasteiger partial charge in [0.15, 0.2) is 5.65 Å². The molecule has 0 aliphatic heterocycles. The quantitative estimate of drug-likeness (QED) is 0.567. The van der Waals surface area contributed by atoms with Crippen molar-refractivity contribution < 1.29 is 17.6 Å². The number of halogens is 4. The second-order valence-electron chi connectivity index (χ2n) is 5.51. The van der Waals surface area contributed by atoms with Crippen LogP contribution in [0, 0.1) is 5.82 Å². The predicted octanol–water partition coefficient (Wildman–Crippen LogP) is 3.42. The molecule has 0 radical (unpaired) electrons. The summed E-state index contributed by atoms with van der Waals surface area (Å²) in [5, 5.41) is 10.3. The number of benzene rings is 1. The molecule has 6 nitrogen and oxygen atoms in total. The van der Waals surface area contributed by atoms with Gasteiger partial charge in [-0.15, -0.1) is 0 Å². The molecule has 0 amide bonds. The van der Waals surface area contributed by atoms with Crippen molar-refractivity contribution in [1.29, 1.82) is 0 Å². The minimum atomic E-state index is -4.63. The number of aromatic nitrogens is 6. The molecule has 26 heavy (non-hydrogen) atoms. The van der Waals surface area contributed by atoms with Gasteiger partial charge < -0.3 is 0 Å². The zero-order valence-corrected chi connectivity index (χ0v) is 13.0. The van der Waals surface area contributed by atoms with Crippen molar-refractivity contribution in [1.82, 2.24) is 29.9 Å². The molecular formula is C16H10F4N6. The van der Waals surface area contributed by atoms with Crippen molar-refractivity contribution in [3.8, 4) is 11.5 Å². The Labute approximate surface area is 143 Å². The number of fused-ring (bicyclic) bond motifs is 1. The van der Waals surface area contributed by atoms with Gasteiger partial charge in [0.1, 0.15) is 11.5 Å². The summed E-state index contributed by atoms with van der Waals surface area (Å²) in [4.78, 5) is 7.72. The molecule has 4 aromatic rings. The van der Waals surface area contributed by atoms with E-state index in [0.29, 0.717) is 11.0 Å². The van der Waals surface area contributed by atoms with Crippen molar-refractivity contribution in [3.63, 3.8) is 0 Å². The van der Waals surface area contributed by atoms with Gasteiger partial charge in [0.2, 0.25) is 11.6 Å². The maximum absolute atomic E-state index is 13.1. The lowest BCUT2D eigenvalue weighted by atomic mass is 10.2. The highest BCUT2D eigenvalue weighted by atomic mass is 19.4. The molecule has 0 fully saturated rings. The molecule has 0 saturated heterocycles. The first kappa shape index (κ1) is 16.2. The Morgan fingerprint density at radius 3 is 2.54 bits per heavy atom. The van der Waals surface area contributed by atoms with E-state index in [9.17, 15) is 17.6 Å². The number of nitrogens with zero attached hydrogens (tertiary/aromatic N) is 5. The van der Waals surface area contributed by atoms with Gasteiger partial charge in [-0.3, -0.25) is 5.10 Å². The molecule has 1 aromatic carbocycles. The third kappa shape index (κ3) is 2.89. The molecule has 0 aliphatic rings. The fourth-order valence-corrected chi connectivity index (χ4v) is 2.54. The topological polar surface area (TPSA) is 72.3 Å². The molecule has 0 aliphatic carbocycles. The number of rotatable bonds is 3. The van der Waals surface area contributed by atoms with E-state index in [1.165, 1.54) is 16.8 Å². The molecule has 0 atom stereocenters. The molecule has 132 valence electrons. The summed E-state index contributed by atoms with van der Waals surface area (Å²) in [5.74, 6) is -1.73. The first-order valence-electron chi connectivity index (χ1n) is 7.48. The summed E-state index contributed by atoms with van der Waals surface area (Å²) in [6, 6.07) is 9.16. The molecule has 1 N–H and O–H groups in total. The van der Waals surface area contributed by atoms with Crippen LogP contribution in [0.3, 0.4) is 0 Å². The van der Waals surface area contributed by atoms with E-state index >= 15 is 0 Å². The monoisotopic (exact) mass is 362 g/mol. The molecule has 0 unspecified atom stereocenters. The molecular weight excluding hydrogens is 352 g/mol. The maximum atomic E-state index is 13.1. The van der Waals surface area contributed by atoms with Gasteiger partial charge in [0, 0.05) is 6.20 Å². The van der Waals surface area contributed by atoms with Crippen molar-refractivity contribution >= 4 is 11.0 Å². The van der Waals surface area contributed by atoms with Crippen LogP contribution in [0.4, 0.5) is 17.6 Å². The number of alkyl halides is 3. The Kier molecular flexibility index (Phi) is 3.67. The van der Waals surface area contributed by atoms with Crippen LogP contribution in [0.1, 0.15) is 11.4 Å². The van der Waals surface area contributed by atoms with Crippen LogP contribution in [-0.4, -0.2) is 29.9 Å². The largest absolute Gasteiger partial charge is 0.451 e. The lowest BCUT2D eigenvalue weighted by molar-refractivity contribution is -0.144. The van der Waals surface area contributed by atoms with Gasteiger partial charge >= 0.3 is 6.18 Å². The van der Waals surface area contributed by atoms with E-state index in [1.54, 1.807) is 30.5 Å². The average Bonchev–Trinajstić information content (AvgIpc) is 3.22. The number of hydrogen-bond acceptors (Lipinski definition) is 4. The Balaban J connectivity index is 1.79. The highest BCUT2D eigenvalue weighted by Crippen LogP contribution is 2.29. The zero-order valence-electron chi connectivity index (χ0n) is 13.0. The summed E-state index contributed by atoms with van der Waals surface area (Å²) in [6.07, 6.45) is -3.08. The van der Waals surface area contributed by atoms with E-state index in [0.717, 1.165) is 5.56 Å². The summed E-state index contributed by atoms with van der Waals surface area (Å²) in [7, 11) is 0. The Morgan fingerprint density at radius 2 is 1.85 bits per heavy atom. The zero-order chi connectivity index (χ0) is 18.3. The molecule has 0 saturated carbocycles. The lowest BCUT2D eigenvalue weighted by Gasteiger charge is -2.02. The van der Waals surface area contributed by atoms with E-state index in [1.807, 2.05) is 5.10 Å². The number of nitrogens with one attached hydrogen (secondary N) is 1. The van der Waals surface area contributed by atoms with Crippen molar-refractivity contribution in [2.45, 2.75) is 12.7 Å². The minimum Gasteiger partial charge on any atom is -0.255 e. The number of pyridine rings is 1. The number of hydrogen-bond donors (Lipinski definition) is 1. The second-order valence-corrected chi connectivity index (χ2v) is 5.51. The van der Waals surface area contributed by atoms with Crippen molar-refractivity contribution in [2.24, 2.45) is 0 Å². The van der Waals surface area contributed by atoms with Crippen LogP contribution in [0.2, 0.25) is 0 Å². The summed E-state index contributed by atoms with van der Waals surface area (Å²) in [5.41, 5.74) is 1.41. The normalized spacial score (nSPS) is 12.0. The fourth-order valence-electron chi connectivity index (χ4n) is 2.54. The van der Waals surface area contributed by atoms with E-state index in [-0.39, 0.29) is 23.9 Å². The minimum absolute atomic E-state index is 0.173. The first-order chi connectivity index (χ1) is 12.4. The van der Waals surface area contributed by atoms with Crippen LogP contribution in [0.25, 0.3) is 22.6 Å². The average molecular weight is 362 g/mol. The van der Waals surface area contributed by atoms with Gasteiger partial charge in [0.05, 0.1) is 11.9 Å². The Bertz CT molecular complexity index is 1060. The van der Waals surface area contributed by atoms with Crippen LogP contribution < -0.4 is 0 Å². The SMILES string of the molecule is Fc1ccc(Cn2nc(-c3n[nH]c(C(F)(F)F)n3)c3cccnc32)cc1. The van der Waals surface area contributed by atoms with Gasteiger partial charge in [-0.2, -0.15) is 23.4 Å². The predicted molar refractivity (Wildman–Crippen MR) is 83.4 cm³/mol. The molecule has 3 aromatic heterocycles. The maximum Gasteiger partial charge on any atom is 0.451 e. The van der Waals surface area contributed by atoms with Gasteiger partial charge in [-0.05, 0) is 29.8 Å². The van der Waals surface area contributed by atoms with Gasteiger partial charge in [-0.1, -0.05) is 12.1 Å². The fraction of sp³-hybridized carbons (Fsp3) is 0.125. The Morgan fingerprint density at radius 1 is 1.08 bits per heavy atom. The third-order valence-corrected chi connectivity index (χ3v) is 3.72. The lowest BCUT2D eigenvalue weighted by Crippen LogP contribution is -2.07. The highest BCUT2D eigenvalue weighted by molar-refractivity contribution is 5.89. The molecule has 0 bridgehead atoms. The van der Waals surface area contributed by atoms with E-state index in [4.69, 9.17) is 0 Å². The van der Waals surface area contributed by atoms with Crippen molar-refractivity contribution in [3.05, 3.63) is 59.8 Å². The number of H-pyrrole nitrogens is 1. The highest BCUT2D eigenvalue weighted by Gasteiger charge is 2.35. The molecule has 3 heterocycles. The second kappa shape index (κ2) is 5.90. The van der Waals surface area contributed by atoms with Gasteiger partial charge in [-0.25, -0.2) is 19.0 Å². The van der Waals surface area contributed by atoms with Gasteiger partial charge in [0.25, 0.3) is 0 Å². The van der Waals surface area contributed by atoms with Crippen LogP contribution in [0.5, 0.6) is 0 Å². The van der Waals surface area contributed by atoms with Crippen molar-refractivity contribution in [2.75, 3.05) is 0 Å². The summed E-state index contributed by atoms with van der Waals surface area (Å²) in [6.45, 7) is 0.268. The molecule has 4 rings (SSSR count).